The van der Waals surface area contributed by atoms with Crippen LogP contribution in [0, 0.1) is 0 Å². The lowest BCUT2D eigenvalue weighted by atomic mass is 10.1. The summed E-state index contributed by atoms with van der Waals surface area (Å²) in [6.45, 7) is 0. The Balaban J connectivity index is 1.85. The number of sulfonamides is 1. The zero-order valence-corrected chi connectivity index (χ0v) is 17.4. The van der Waals surface area contributed by atoms with Gasteiger partial charge < -0.3 is 10.1 Å². The summed E-state index contributed by atoms with van der Waals surface area (Å²) >= 11 is 12.0. The van der Waals surface area contributed by atoms with Crippen molar-refractivity contribution in [3.63, 3.8) is 0 Å². The number of nitrogens with one attached hydrogen (secondary N) is 1. The Morgan fingerprint density at radius 3 is 2.59 bits per heavy atom. The van der Waals surface area contributed by atoms with Gasteiger partial charge in [0.1, 0.15) is 10.6 Å². The average molecular weight is 455 g/mol. The molecule has 0 unspecified atom stereocenters. The summed E-state index contributed by atoms with van der Waals surface area (Å²) in [5.41, 5.74) is 1.06. The molecule has 0 fully saturated rings. The first-order valence-corrected chi connectivity index (χ1v) is 10.5. The summed E-state index contributed by atoms with van der Waals surface area (Å²) in [6.07, 6.45) is 2.79. The highest BCUT2D eigenvalue weighted by atomic mass is 35.5. The fourth-order valence-corrected chi connectivity index (χ4v) is 3.74. The van der Waals surface area contributed by atoms with E-state index in [-0.39, 0.29) is 28.6 Å². The van der Waals surface area contributed by atoms with E-state index < -0.39 is 10.0 Å². The molecule has 152 valence electrons. The molecule has 0 aliphatic carbocycles. The van der Waals surface area contributed by atoms with Crippen LogP contribution in [-0.4, -0.2) is 31.2 Å². The topological polar surface area (TPSA) is 116 Å². The van der Waals surface area contributed by atoms with Crippen LogP contribution in [0.3, 0.4) is 0 Å². The second-order valence-corrected chi connectivity index (χ2v) is 8.39. The zero-order chi connectivity index (χ0) is 21.2. The van der Waals surface area contributed by atoms with E-state index in [9.17, 15) is 13.2 Å². The van der Waals surface area contributed by atoms with Crippen LogP contribution in [0.1, 0.15) is 5.56 Å². The molecule has 2 aromatic carbocycles. The number of halogens is 2. The van der Waals surface area contributed by atoms with Crippen LogP contribution >= 0.6 is 23.2 Å². The second-order valence-electron chi connectivity index (χ2n) is 6.01. The minimum atomic E-state index is -4.09. The molecule has 0 saturated carbocycles. The predicted octanol–water partition coefficient (Wildman–Crippen LogP) is 3.02. The Morgan fingerprint density at radius 2 is 2.00 bits per heavy atom. The Hall–Kier alpha value is -2.59. The number of carbonyl (C=O) groups excluding carboxylic acids is 1. The van der Waals surface area contributed by atoms with Crippen molar-refractivity contribution in [1.82, 2.24) is 9.78 Å². The van der Waals surface area contributed by atoms with Crippen LogP contribution < -0.4 is 15.2 Å². The summed E-state index contributed by atoms with van der Waals surface area (Å²) in [5.74, 6) is 0.193. The first-order chi connectivity index (χ1) is 13.7. The first kappa shape index (κ1) is 21.1. The molecule has 0 saturated heterocycles. The van der Waals surface area contributed by atoms with Gasteiger partial charge in [0, 0.05) is 16.9 Å². The van der Waals surface area contributed by atoms with Gasteiger partial charge in [0.25, 0.3) is 0 Å². The molecule has 1 heterocycles. The van der Waals surface area contributed by atoms with E-state index in [4.69, 9.17) is 33.1 Å². The van der Waals surface area contributed by atoms with E-state index in [1.165, 1.54) is 42.4 Å². The number of rotatable bonds is 6. The van der Waals surface area contributed by atoms with Gasteiger partial charge in [-0.3, -0.25) is 4.79 Å². The Labute approximate surface area is 177 Å². The molecule has 0 spiro atoms. The fourth-order valence-electron chi connectivity index (χ4n) is 2.62. The predicted molar refractivity (Wildman–Crippen MR) is 110 cm³/mol. The minimum absolute atomic E-state index is 0.00987. The second kappa shape index (κ2) is 8.42. The number of nitrogens with zero attached hydrogens (tertiary/aromatic N) is 2. The number of hydrogen-bond donors (Lipinski definition) is 2. The summed E-state index contributed by atoms with van der Waals surface area (Å²) in [5, 5.41) is 12.7. The summed E-state index contributed by atoms with van der Waals surface area (Å²) in [7, 11) is -2.58. The Kier molecular flexibility index (Phi) is 6.13. The van der Waals surface area contributed by atoms with Gasteiger partial charge in [-0.15, -0.1) is 0 Å². The quantitative estimate of drug-likeness (QED) is 0.593. The molecule has 1 aromatic heterocycles. The molecule has 0 atom stereocenters. The Bertz CT molecular complexity index is 1180. The third kappa shape index (κ3) is 5.07. The molecule has 3 aromatic rings. The average Bonchev–Trinajstić information content (AvgIpc) is 3.09. The molecular weight excluding hydrogens is 439 g/mol. The molecule has 3 N–H and O–H groups in total. The maximum absolute atomic E-state index is 12.4. The van der Waals surface area contributed by atoms with E-state index in [1.807, 2.05) is 0 Å². The molecule has 0 aliphatic rings. The maximum atomic E-state index is 12.4. The largest absolute Gasteiger partial charge is 0.497 e. The fraction of sp³-hybridized carbons (Fsp3) is 0.111. The molecule has 11 heteroatoms. The maximum Gasteiger partial charge on any atom is 0.240 e. The van der Waals surface area contributed by atoms with E-state index in [1.54, 1.807) is 18.2 Å². The number of amides is 1. The highest BCUT2D eigenvalue weighted by Gasteiger charge is 2.18. The number of nitrogens with two attached hydrogens (primary N) is 1. The number of aromatic nitrogens is 2. The van der Waals surface area contributed by atoms with Crippen molar-refractivity contribution in [2.75, 3.05) is 12.4 Å². The highest BCUT2D eigenvalue weighted by molar-refractivity contribution is 7.89. The van der Waals surface area contributed by atoms with E-state index in [0.29, 0.717) is 21.4 Å². The van der Waals surface area contributed by atoms with Crippen LogP contribution in [0.15, 0.2) is 53.7 Å². The van der Waals surface area contributed by atoms with Crippen molar-refractivity contribution in [1.29, 1.82) is 0 Å². The third-order valence-electron chi connectivity index (χ3n) is 3.96. The van der Waals surface area contributed by atoms with Gasteiger partial charge in [-0.05, 0) is 35.9 Å². The monoisotopic (exact) mass is 454 g/mol. The smallest absolute Gasteiger partial charge is 0.240 e. The van der Waals surface area contributed by atoms with Crippen LogP contribution in [0.5, 0.6) is 5.75 Å². The van der Waals surface area contributed by atoms with Gasteiger partial charge >= 0.3 is 0 Å². The third-order valence-corrected chi connectivity index (χ3v) is 5.45. The zero-order valence-electron chi connectivity index (χ0n) is 15.1. The molecule has 0 aliphatic heterocycles. The van der Waals surface area contributed by atoms with Crippen LogP contribution in [0.2, 0.25) is 10.0 Å². The van der Waals surface area contributed by atoms with Crippen molar-refractivity contribution in [2.24, 2.45) is 5.14 Å². The molecule has 1 amide bonds. The lowest BCUT2D eigenvalue weighted by molar-refractivity contribution is -0.115. The number of hydrogen-bond acceptors (Lipinski definition) is 5. The highest BCUT2D eigenvalue weighted by Crippen LogP contribution is 2.25. The van der Waals surface area contributed by atoms with Gasteiger partial charge in [-0.1, -0.05) is 29.3 Å². The van der Waals surface area contributed by atoms with Gasteiger partial charge in [0.15, 0.2) is 0 Å². The summed E-state index contributed by atoms with van der Waals surface area (Å²) in [4.78, 5) is 12.2. The summed E-state index contributed by atoms with van der Waals surface area (Å²) in [6, 6.07) is 9.24. The van der Waals surface area contributed by atoms with Crippen molar-refractivity contribution in [3.05, 3.63) is 64.4 Å². The van der Waals surface area contributed by atoms with Crippen molar-refractivity contribution < 1.29 is 17.9 Å². The SMILES string of the molecule is COc1ccc(CC(=O)Nc2ccc(-n3cc(Cl)cn3)c(S(N)(=O)=O)c2)c(Cl)c1. The number of carbonyl (C=O) groups is 1. The molecular formula is C18H16Cl2N4O4S. The van der Waals surface area contributed by atoms with Crippen LogP contribution in [0.25, 0.3) is 5.69 Å². The number of primary sulfonamides is 1. The van der Waals surface area contributed by atoms with Crippen molar-refractivity contribution >= 4 is 44.8 Å². The van der Waals surface area contributed by atoms with Gasteiger partial charge in [-0.2, -0.15) is 5.10 Å². The van der Waals surface area contributed by atoms with Gasteiger partial charge in [-0.25, -0.2) is 18.2 Å². The van der Waals surface area contributed by atoms with E-state index in [0.717, 1.165) is 0 Å². The van der Waals surface area contributed by atoms with Gasteiger partial charge in [0.2, 0.25) is 15.9 Å². The van der Waals surface area contributed by atoms with E-state index >= 15 is 0 Å². The lowest BCUT2D eigenvalue weighted by Crippen LogP contribution is -2.18. The number of methoxy groups -OCH3 is 1. The minimum Gasteiger partial charge on any atom is -0.497 e. The standard InChI is InChI=1S/C18H16Cl2N4O4S/c1-28-14-4-2-11(15(20)8-14)6-18(25)23-13-3-5-16(17(7-13)29(21,26)27)24-10-12(19)9-22-24/h2-5,7-10H,6H2,1H3,(H,23,25)(H2,21,26,27). The van der Waals surface area contributed by atoms with E-state index in [2.05, 4.69) is 10.4 Å². The first-order valence-electron chi connectivity index (χ1n) is 8.17. The normalized spacial score (nSPS) is 11.3. The molecule has 0 radical (unpaired) electrons. The van der Waals surface area contributed by atoms with Crippen molar-refractivity contribution in [2.45, 2.75) is 11.3 Å². The number of benzene rings is 2. The van der Waals surface area contributed by atoms with Gasteiger partial charge in [0.05, 0.1) is 30.4 Å². The molecule has 3 rings (SSSR count). The molecule has 0 bridgehead atoms. The molecule has 8 nitrogen and oxygen atoms in total. The Morgan fingerprint density at radius 1 is 1.24 bits per heavy atom. The van der Waals surface area contributed by atoms with Crippen LogP contribution in [0.4, 0.5) is 5.69 Å². The summed E-state index contributed by atoms with van der Waals surface area (Å²) < 4.78 is 30.4. The molecule has 29 heavy (non-hydrogen) atoms. The number of ether oxygens (including phenoxy) is 1. The lowest BCUT2D eigenvalue weighted by Gasteiger charge is -2.12. The van der Waals surface area contributed by atoms with Crippen molar-refractivity contribution in [3.8, 4) is 11.4 Å². The van der Waals surface area contributed by atoms with Crippen LogP contribution in [-0.2, 0) is 21.2 Å². The number of anilines is 1.